The lowest BCUT2D eigenvalue weighted by atomic mass is 9.79. The van der Waals surface area contributed by atoms with Crippen LogP contribution >= 0.6 is 0 Å². The Labute approximate surface area is 126 Å². The Hall–Kier alpha value is -0.0800. The van der Waals surface area contributed by atoms with Gasteiger partial charge in [0.15, 0.2) is 0 Å². The topological polar surface area (TPSA) is 15.3 Å². The molecule has 2 rings (SSSR count). The fraction of sp³-hybridized carbons (Fsp3) is 1.00. The average molecular weight is 280 g/mol. The molecular weight excluding hydrogens is 244 g/mol. The van der Waals surface area contributed by atoms with E-state index in [0.717, 1.165) is 6.04 Å². The number of rotatable bonds is 7. The molecule has 1 N–H and O–H groups in total. The molecule has 20 heavy (non-hydrogen) atoms. The molecule has 0 radical (unpaired) electrons. The van der Waals surface area contributed by atoms with Gasteiger partial charge in [0, 0.05) is 24.7 Å². The summed E-state index contributed by atoms with van der Waals surface area (Å²) >= 11 is 0. The highest BCUT2D eigenvalue weighted by atomic mass is 15.2. The van der Waals surface area contributed by atoms with Gasteiger partial charge < -0.3 is 5.32 Å². The minimum atomic E-state index is 0.479. The molecule has 1 aliphatic heterocycles. The summed E-state index contributed by atoms with van der Waals surface area (Å²) in [6.45, 7) is 8.54. The Morgan fingerprint density at radius 3 is 2.45 bits per heavy atom. The average Bonchev–Trinajstić information content (AvgIpc) is 2.47. The largest absolute Gasteiger partial charge is 0.308 e. The molecule has 1 spiro atoms. The van der Waals surface area contributed by atoms with E-state index >= 15 is 0 Å². The number of nitrogens with one attached hydrogen (secondary N) is 1. The standard InChI is InChI=1S/C18H36N2/c1-3-4-5-6-7-11-14-20-16-18(19-15-17(20)2)12-9-8-10-13-18/h17,19H,3-16H2,1-2H3. The van der Waals surface area contributed by atoms with Crippen molar-refractivity contribution in [3.63, 3.8) is 0 Å². The first-order valence-electron chi connectivity index (χ1n) is 9.25. The molecule has 2 nitrogen and oxygen atoms in total. The summed E-state index contributed by atoms with van der Waals surface area (Å²) in [5.41, 5.74) is 0.479. The van der Waals surface area contributed by atoms with Gasteiger partial charge in [0.1, 0.15) is 0 Å². The minimum Gasteiger partial charge on any atom is -0.308 e. The minimum absolute atomic E-state index is 0.479. The number of hydrogen-bond acceptors (Lipinski definition) is 2. The van der Waals surface area contributed by atoms with Gasteiger partial charge >= 0.3 is 0 Å². The predicted octanol–water partition coefficient (Wildman–Crippen LogP) is 4.34. The highest BCUT2D eigenvalue weighted by molar-refractivity contribution is 4.98. The van der Waals surface area contributed by atoms with Gasteiger partial charge in [-0.05, 0) is 32.7 Å². The van der Waals surface area contributed by atoms with E-state index in [2.05, 4.69) is 24.1 Å². The summed E-state index contributed by atoms with van der Waals surface area (Å²) in [7, 11) is 0. The zero-order chi connectivity index (χ0) is 14.3. The first-order valence-corrected chi connectivity index (χ1v) is 9.25. The monoisotopic (exact) mass is 280 g/mol. The maximum Gasteiger partial charge on any atom is 0.0309 e. The zero-order valence-electron chi connectivity index (χ0n) is 13.9. The van der Waals surface area contributed by atoms with Gasteiger partial charge in [0.05, 0.1) is 0 Å². The maximum absolute atomic E-state index is 3.89. The molecule has 2 fully saturated rings. The van der Waals surface area contributed by atoms with Crippen molar-refractivity contribution in [1.82, 2.24) is 10.2 Å². The summed E-state index contributed by atoms with van der Waals surface area (Å²) in [6, 6.07) is 0.734. The molecule has 1 saturated heterocycles. The Morgan fingerprint density at radius 2 is 1.70 bits per heavy atom. The smallest absolute Gasteiger partial charge is 0.0309 e. The second-order valence-electron chi connectivity index (χ2n) is 7.31. The molecular formula is C18H36N2. The van der Waals surface area contributed by atoms with Crippen LogP contribution in [-0.2, 0) is 0 Å². The van der Waals surface area contributed by atoms with Crippen molar-refractivity contribution in [1.29, 1.82) is 0 Å². The lowest BCUT2D eigenvalue weighted by Crippen LogP contribution is -2.64. The van der Waals surface area contributed by atoms with E-state index in [0.29, 0.717) is 5.54 Å². The molecule has 1 unspecified atom stereocenters. The molecule has 1 aliphatic carbocycles. The second kappa shape index (κ2) is 8.38. The van der Waals surface area contributed by atoms with E-state index in [9.17, 15) is 0 Å². The fourth-order valence-corrected chi connectivity index (χ4v) is 4.05. The van der Waals surface area contributed by atoms with E-state index in [1.807, 2.05) is 0 Å². The van der Waals surface area contributed by atoms with Crippen molar-refractivity contribution in [3.8, 4) is 0 Å². The normalized spacial score (nSPS) is 27.0. The van der Waals surface area contributed by atoms with Crippen LogP contribution in [0.4, 0.5) is 0 Å². The van der Waals surface area contributed by atoms with Crippen molar-refractivity contribution >= 4 is 0 Å². The molecule has 0 amide bonds. The Morgan fingerprint density at radius 1 is 1.00 bits per heavy atom. The van der Waals surface area contributed by atoms with Crippen molar-refractivity contribution in [2.24, 2.45) is 0 Å². The SMILES string of the molecule is CCCCCCCCN1CC2(CCCCC2)NCC1C. The number of nitrogens with zero attached hydrogens (tertiary/aromatic N) is 1. The third kappa shape index (κ3) is 4.73. The molecule has 0 aromatic carbocycles. The van der Waals surface area contributed by atoms with Gasteiger partial charge in [-0.2, -0.15) is 0 Å². The van der Waals surface area contributed by atoms with Crippen LogP contribution < -0.4 is 5.32 Å². The summed E-state index contributed by atoms with van der Waals surface area (Å²) in [5.74, 6) is 0. The molecule has 0 aromatic rings. The molecule has 2 aliphatic rings. The van der Waals surface area contributed by atoms with Crippen LogP contribution in [0, 0.1) is 0 Å². The molecule has 1 atom stereocenters. The van der Waals surface area contributed by atoms with Crippen LogP contribution in [0.3, 0.4) is 0 Å². The van der Waals surface area contributed by atoms with E-state index < -0.39 is 0 Å². The lowest BCUT2D eigenvalue weighted by molar-refractivity contribution is 0.0615. The van der Waals surface area contributed by atoms with E-state index in [4.69, 9.17) is 0 Å². The van der Waals surface area contributed by atoms with Crippen LogP contribution in [0.1, 0.15) is 84.5 Å². The highest BCUT2D eigenvalue weighted by Gasteiger charge is 2.38. The summed E-state index contributed by atoms with van der Waals surface area (Å²) in [6.07, 6.45) is 15.7. The third-order valence-corrected chi connectivity index (χ3v) is 5.51. The van der Waals surface area contributed by atoms with Crippen LogP contribution in [-0.4, -0.2) is 36.1 Å². The number of unbranched alkanes of at least 4 members (excludes halogenated alkanes) is 5. The van der Waals surface area contributed by atoms with Crippen LogP contribution in [0.25, 0.3) is 0 Å². The molecule has 118 valence electrons. The number of piperazine rings is 1. The van der Waals surface area contributed by atoms with Crippen LogP contribution in [0.15, 0.2) is 0 Å². The Kier molecular flexibility index (Phi) is 6.83. The van der Waals surface area contributed by atoms with Gasteiger partial charge in [0.25, 0.3) is 0 Å². The van der Waals surface area contributed by atoms with Crippen LogP contribution in [0.2, 0.25) is 0 Å². The van der Waals surface area contributed by atoms with Gasteiger partial charge in [-0.25, -0.2) is 0 Å². The molecule has 0 bridgehead atoms. The molecule has 1 heterocycles. The Balaban J connectivity index is 1.69. The summed E-state index contributed by atoms with van der Waals surface area (Å²) in [5, 5.41) is 3.89. The summed E-state index contributed by atoms with van der Waals surface area (Å²) < 4.78 is 0. The second-order valence-corrected chi connectivity index (χ2v) is 7.31. The first-order chi connectivity index (χ1) is 9.76. The molecule has 1 saturated carbocycles. The zero-order valence-corrected chi connectivity index (χ0v) is 13.9. The quantitative estimate of drug-likeness (QED) is 0.698. The first kappa shape index (κ1) is 16.3. The van der Waals surface area contributed by atoms with E-state index in [-0.39, 0.29) is 0 Å². The van der Waals surface area contributed by atoms with Crippen molar-refractivity contribution in [2.75, 3.05) is 19.6 Å². The van der Waals surface area contributed by atoms with Crippen molar-refractivity contribution in [3.05, 3.63) is 0 Å². The lowest BCUT2D eigenvalue weighted by Gasteiger charge is -2.49. The van der Waals surface area contributed by atoms with E-state index in [1.54, 1.807) is 0 Å². The van der Waals surface area contributed by atoms with E-state index in [1.165, 1.54) is 90.3 Å². The third-order valence-electron chi connectivity index (χ3n) is 5.51. The van der Waals surface area contributed by atoms with Gasteiger partial charge in [-0.15, -0.1) is 0 Å². The maximum atomic E-state index is 3.89. The van der Waals surface area contributed by atoms with Gasteiger partial charge in [0.2, 0.25) is 0 Å². The highest BCUT2D eigenvalue weighted by Crippen LogP contribution is 2.31. The fourth-order valence-electron chi connectivity index (χ4n) is 4.05. The summed E-state index contributed by atoms with van der Waals surface area (Å²) in [4.78, 5) is 2.78. The number of hydrogen-bond donors (Lipinski definition) is 1. The van der Waals surface area contributed by atoms with Crippen molar-refractivity contribution in [2.45, 2.75) is 96.1 Å². The van der Waals surface area contributed by atoms with Gasteiger partial charge in [-0.3, -0.25) is 4.90 Å². The predicted molar refractivity (Wildman–Crippen MR) is 88.2 cm³/mol. The van der Waals surface area contributed by atoms with Crippen LogP contribution in [0.5, 0.6) is 0 Å². The molecule has 0 aromatic heterocycles. The molecule has 2 heteroatoms. The van der Waals surface area contributed by atoms with Gasteiger partial charge in [-0.1, -0.05) is 58.3 Å². The Bertz CT molecular complexity index is 258. The van der Waals surface area contributed by atoms with Crippen molar-refractivity contribution < 1.29 is 0 Å².